The average molecular weight is 206 g/mol. The summed E-state index contributed by atoms with van der Waals surface area (Å²) < 4.78 is 0. The molecule has 0 spiro atoms. The summed E-state index contributed by atoms with van der Waals surface area (Å²) >= 11 is 0. The van der Waals surface area contributed by atoms with Gasteiger partial charge in [-0.3, -0.25) is 4.79 Å². The van der Waals surface area contributed by atoms with Crippen LogP contribution in [0.25, 0.3) is 0 Å². The van der Waals surface area contributed by atoms with Crippen molar-refractivity contribution in [2.24, 2.45) is 0 Å². The Bertz CT molecular complexity index is 332. The molecule has 1 aliphatic rings. The predicted octanol–water partition coefficient (Wildman–Crippen LogP) is 1.80. The third kappa shape index (κ3) is 4.02. The van der Waals surface area contributed by atoms with E-state index in [4.69, 9.17) is 0 Å². The Labute approximate surface area is 91.2 Å². The van der Waals surface area contributed by atoms with Crippen LogP contribution >= 0.6 is 0 Å². The van der Waals surface area contributed by atoms with Crippen LogP contribution in [0.5, 0.6) is 0 Å². The van der Waals surface area contributed by atoms with E-state index >= 15 is 0 Å². The van der Waals surface area contributed by atoms with E-state index < -0.39 is 0 Å². The molecule has 0 fully saturated rings. The Balaban J connectivity index is 2.67. The molecule has 15 heavy (non-hydrogen) atoms. The van der Waals surface area contributed by atoms with Gasteiger partial charge in [0.05, 0.1) is 0 Å². The van der Waals surface area contributed by atoms with Gasteiger partial charge >= 0.3 is 0 Å². The van der Waals surface area contributed by atoms with Crippen LogP contribution in [0.15, 0.2) is 36.2 Å². The maximum absolute atomic E-state index is 11.6. The van der Waals surface area contributed by atoms with Gasteiger partial charge in [-0.05, 0) is 32.9 Å². The van der Waals surface area contributed by atoms with E-state index in [0.29, 0.717) is 0 Å². The Hall–Kier alpha value is -1.51. The van der Waals surface area contributed by atoms with E-state index in [2.05, 4.69) is 5.32 Å². The van der Waals surface area contributed by atoms with Crippen LogP contribution in [0.3, 0.4) is 0 Å². The average Bonchev–Trinajstić information content (AvgIpc) is 2.05. The SMILES string of the molecule is CN1C=CC=C/C1=C/C(=O)NC(C)(C)C. The Morgan fingerprint density at radius 3 is 2.60 bits per heavy atom. The molecule has 0 aromatic heterocycles. The topological polar surface area (TPSA) is 32.3 Å². The highest BCUT2D eigenvalue weighted by atomic mass is 16.1. The lowest BCUT2D eigenvalue weighted by atomic mass is 10.1. The Morgan fingerprint density at radius 2 is 2.07 bits per heavy atom. The fourth-order valence-electron chi connectivity index (χ4n) is 1.23. The van der Waals surface area contributed by atoms with E-state index in [1.165, 1.54) is 0 Å². The second-order valence-corrected chi connectivity index (χ2v) is 4.62. The van der Waals surface area contributed by atoms with Gasteiger partial charge in [0.1, 0.15) is 0 Å². The van der Waals surface area contributed by atoms with Gasteiger partial charge in [0, 0.05) is 30.6 Å². The molecule has 1 aliphatic heterocycles. The number of carbonyl (C=O) groups is 1. The van der Waals surface area contributed by atoms with Crippen LogP contribution in [-0.4, -0.2) is 23.4 Å². The molecule has 0 saturated carbocycles. The number of hydrogen-bond donors (Lipinski definition) is 1. The zero-order valence-corrected chi connectivity index (χ0v) is 9.74. The largest absolute Gasteiger partial charge is 0.351 e. The molecule has 1 N–H and O–H groups in total. The molecule has 1 amide bonds. The second kappa shape index (κ2) is 4.34. The van der Waals surface area contributed by atoms with E-state index in [9.17, 15) is 4.79 Å². The number of hydrogen-bond acceptors (Lipinski definition) is 2. The lowest BCUT2D eigenvalue weighted by Gasteiger charge is -2.21. The van der Waals surface area contributed by atoms with Gasteiger partial charge in [0.15, 0.2) is 0 Å². The molecule has 0 aromatic rings. The summed E-state index contributed by atoms with van der Waals surface area (Å²) in [7, 11) is 1.91. The van der Waals surface area contributed by atoms with Crippen molar-refractivity contribution in [3.63, 3.8) is 0 Å². The number of allylic oxidation sites excluding steroid dienone is 3. The predicted molar refractivity (Wildman–Crippen MR) is 62.0 cm³/mol. The first-order valence-electron chi connectivity index (χ1n) is 5.00. The quantitative estimate of drug-likeness (QED) is 0.663. The van der Waals surface area contributed by atoms with Crippen molar-refractivity contribution in [3.05, 3.63) is 36.2 Å². The van der Waals surface area contributed by atoms with Crippen molar-refractivity contribution in [1.82, 2.24) is 10.2 Å². The van der Waals surface area contributed by atoms with Gasteiger partial charge in [-0.2, -0.15) is 0 Å². The molecule has 82 valence electrons. The minimum absolute atomic E-state index is 0.0655. The summed E-state index contributed by atoms with van der Waals surface area (Å²) in [5.41, 5.74) is 0.695. The summed E-state index contributed by atoms with van der Waals surface area (Å²) in [6.07, 6.45) is 9.26. The molecule has 0 atom stereocenters. The molecule has 3 heteroatoms. The Morgan fingerprint density at radius 1 is 1.40 bits per heavy atom. The van der Waals surface area contributed by atoms with Gasteiger partial charge in [-0.15, -0.1) is 0 Å². The smallest absolute Gasteiger partial charge is 0.246 e. The summed E-state index contributed by atoms with van der Waals surface area (Å²) in [4.78, 5) is 13.5. The van der Waals surface area contributed by atoms with Crippen LogP contribution in [0.4, 0.5) is 0 Å². The number of nitrogens with one attached hydrogen (secondary N) is 1. The molecule has 1 rings (SSSR count). The molecule has 0 saturated heterocycles. The molecule has 0 aliphatic carbocycles. The lowest BCUT2D eigenvalue weighted by molar-refractivity contribution is -0.117. The standard InChI is InChI=1S/C12H18N2O/c1-12(2,3)13-11(15)9-10-7-5-6-8-14(10)4/h5-9H,1-4H3,(H,13,15)/b10-9-. The van der Waals surface area contributed by atoms with Crippen LogP contribution in [0.1, 0.15) is 20.8 Å². The maximum atomic E-state index is 11.6. The van der Waals surface area contributed by atoms with Crippen molar-refractivity contribution in [3.8, 4) is 0 Å². The molecule has 0 radical (unpaired) electrons. The second-order valence-electron chi connectivity index (χ2n) is 4.62. The molecule has 0 aromatic carbocycles. The van der Waals surface area contributed by atoms with Gasteiger partial charge in [-0.1, -0.05) is 6.08 Å². The highest BCUT2D eigenvalue weighted by molar-refractivity contribution is 5.89. The van der Waals surface area contributed by atoms with E-state index in [1.807, 2.05) is 57.1 Å². The van der Waals surface area contributed by atoms with Crippen molar-refractivity contribution in [2.75, 3.05) is 7.05 Å². The molecule has 0 unspecified atom stereocenters. The maximum Gasteiger partial charge on any atom is 0.246 e. The minimum Gasteiger partial charge on any atom is -0.351 e. The van der Waals surface area contributed by atoms with Crippen LogP contribution in [-0.2, 0) is 4.79 Å². The number of rotatable bonds is 1. The molecule has 0 bridgehead atoms. The van der Waals surface area contributed by atoms with Gasteiger partial charge in [0.25, 0.3) is 0 Å². The molecular weight excluding hydrogens is 188 g/mol. The summed E-state index contributed by atoms with van der Waals surface area (Å²) in [6, 6.07) is 0. The number of likely N-dealkylation sites (N-methyl/N-ethyl adjacent to an activating group) is 1. The fourth-order valence-corrected chi connectivity index (χ4v) is 1.23. The lowest BCUT2D eigenvalue weighted by Crippen LogP contribution is -2.40. The first-order valence-corrected chi connectivity index (χ1v) is 5.00. The van der Waals surface area contributed by atoms with Crippen LogP contribution in [0.2, 0.25) is 0 Å². The third-order valence-electron chi connectivity index (χ3n) is 1.87. The third-order valence-corrected chi connectivity index (χ3v) is 1.87. The first kappa shape index (κ1) is 11.6. The number of carbonyl (C=O) groups excluding carboxylic acids is 1. The monoisotopic (exact) mass is 206 g/mol. The molecule has 3 nitrogen and oxygen atoms in total. The highest BCUT2D eigenvalue weighted by Gasteiger charge is 2.13. The Kier molecular flexibility index (Phi) is 3.35. The van der Waals surface area contributed by atoms with E-state index in [-0.39, 0.29) is 11.4 Å². The molecule has 1 heterocycles. The first-order chi connectivity index (χ1) is 6.88. The zero-order chi connectivity index (χ0) is 11.5. The minimum atomic E-state index is -0.194. The van der Waals surface area contributed by atoms with Gasteiger partial charge < -0.3 is 10.2 Å². The van der Waals surface area contributed by atoms with Crippen molar-refractivity contribution < 1.29 is 4.79 Å². The normalized spacial score (nSPS) is 18.4. The number of amides is 1. The van der Waals surface area contributed by atoms with E-state index in [0.717, 1.165) is 5.70 Å². The molecular formula is C12H18N2O. The summed E-state index contributed by atoms with van der Waals surface area (Å²) in [5.74, 6) is -0.0655. The number of nitrogens with zero attached hydrogens (tertiary/aromatic N) is 1. The van der Waals surface area contributed by atoms with Crippen molar-refractivity contribution >= 4 is 5.91 Å². The van der Waals surface area contributed by atoms with Gasteiger partial charge in [-0.25, -0.2) is 0 Å². The summed E-state index contributed by atoms with van der Waals surface area (Å²) in [5, 5.41) is 2.89. The van der Waals surface area contributed by atoms with E-state index in [1.54, 1.807) is 6.08 Å². The van der Waals surface area contributed by atoms with Crippen LogP contribution < -0.4 is 5.32 Å². The van der Waals surface area contributed by atoms with Crippen molar-refractivity contribution in [2.45, 2.75) is 26.3 Å². The van der Waals surface area contributed by atoms with Crippen molar-refractivity contribution in [1.29, 1.82) is 0 Å². The highest BCUT2D eigenvalue weighted by Crippen LogP contribution is 2.09. The zero-order valence-electron chi connectivity index (χ0n) is 9.74. The van der Waals surface area contributed by atoms with Crippen LogP contribution in [0, 0.1) is 0 Å². The van der Waals surface area contributed by atoms with Gasteiger partial charge in [0.2, 0.25) is 5.91 Å². The summed E-state index contributed by atoms with van der Waals surface area (Å²) in [6.45, 7) is 5.89. The fraction of sp³-hybridized carbons (Fsp3) is 0.417.